The van der Waals surface area contributed by atoms with Gasteiger partial charge >= 0.3 is 0 Å². The monoisotopic (exact) mass is 502 g/mol. The van der Waals surface area contributed by atoms with Crippen molar-refractivity contribution in [1.82, 2.24) is 9.90 Å². The summed E-state index contributed by atoms with van der Waals surface area (Å²) >= 11 is 0. The molecule has 5 aromatic rings. The Labute approximate surface area is 207 Å². The Morgan fingerprint density at radius 3 is 2.08 bits per heavy atom. The molecular weight excluding hydrogens is 484 g/mol. The zero-order valence-corrected chi connectivity index (χ0v) is 18.8. The van der Waals surface area contributed by atoms with Crippen LogP contribution in [-0.2, 0) is 0 Å². The number of azo groups is 1. The molecule has 0 amide bonds. The second-order valence-electron chi connectivity index (χ2n) is 7.44. The van der Waals surface area contributed by atoms with Crippen LogP contribution in [-0.4, -0.2) is 35.2 Å². The maximum atomic E-state index is 12.0. The number of hydrogen-bond donors (Lipinski definition) is 4. The second kappa shape index (κ2) is 10.3. The van der Waals surface area contributed by atoms with E-state index < -0.39 is 4.92 Å². The molecule has 1 aromatic heterocycles. The lowest BCUT2D eigenvalue weighted by molar-refractivity contribution is -0.664. The zero-order valence-electron chi connectivity index (χ0n) is 18.8. The minimum absolute atomic E-state index is 0.0783. The topological polar surface area (TPSA) is 194 Å². The van der Waals surface area contributed by atoms with Crippen molar-refractivity contribution in [1.29, 1.82) is 0 Å². The van der Waals surface area contributed by atoms with Crippen molar-refractivity contribution in [2.45, 2.75) is 0 Å². The Morgan fingerprint density at radius 1 is 0.784 bits per heavy atom. The van der Waals surface area contributed by atoms with Crippen molar-refractivity contribution in [2.75, 3.05) is 0 Å². The fraction of sp³-hybridized carbons (Fsp3) is 0. The Balaban J connectivity index is 0.000000173. The van der Waals surface area contributed by atoms with E-state index in [1.54, 1.807) is 30.3 Å². The van der Waals surface area contributed by atoms with Gasteiger partial charge in [-0.15, -0.1) is 15.1 Å². The molecule has 0 aliphatic rings. The molecule has 0 atom stereocenters. The van der Waals surface area contributed by atoms with Crippen molar-refractivity contribution in [2.24, 2.45) is 10.2 Å². The highest BCUT2D eigenvalue weighted by atomic mass is 16.6. The fourth-order valence-corrected chi connectivity index (χ4v) is 3.20. The predicted molar refractivity (Wildman–Crippen MR) is 130 cm³/mol. The van der Waals surface area contributed by atoms with Gasteiger partial charge in [-0.2, -0.15) is 0 Å². The van der Waals surface area contributed by atoms with Gasteiger partial charge in [-0.1, -0.05) is 24.3 Å². The van der Waals surface area contributed by atoms with Crippen LogP contribution < -0.4 is 4.85 Å². The van der Waals surface area contributed by atoms with Crippen LogP contribution in [0, 0.1) is 15.3 Å². The van der Waals surface area contributed by atoms with E-state index in [1.807, 2.05) is 0 Å². The number of nitrogens with zero attached hydrogens (tertiary/aromatic N) is 6. The van der Waals surface area contributed by atoms with E-state index in [1.165, 1.54) is 42.5 Å². The third kappa shape index (κ3) is 5.35. The van der Waals surface area contributed by atoms with Gasteiger partial charge < -0.3 is 25.6 Å². The Hall–Kier alpha value is -5.72. The number of phenols is 4. The van der Waals surface area contributed by atoms with Gasteiger partial charge in [-0.25, -0.2) is 0 Å². The highest BCUT2D eigenvalue weighted by Gasteiger charge is 2.18. The number of fused-ring (bicyclic) bond motifs is 1. The van der Waals surface area contributed by atoms with E-state index in [-0.39, 0.29) is 45.7 Å². The average Bonchev–Trinajstić information content (AvgIpc) is 3.20. The lowest BCUT2D eigenvalue weighted by atomic mass is 10.3. The predicted octanol–water partition coefficient (Wildman–Crippen LogP) is 4.49. The molecule has 0 spiro atoms. The SMILES string of the molecule is O=[N+]([O-])c1ccccc1N=Nc1ccc(O)cc1O.[O-][n+]1c2ccccc2nn1-c1ccc(O)cc1O. The van der Waals surface area contributed by atoms with Crippen LogP contribution in [0.1, 0.15) is 0 Å². The molecule has 0 radical (unpaired) electrons. The number of hydrogen-bond acceptors (Lipinski definition) is 10. The van der Waals surface area contributed by atoms with Gasteiger partial charge in [0.15, 0.2) is 17.1 Å². The van der Waals surface area contributed by atoms with Crippen LogP contribution in [0.4, 0.5) is 17.1 Å². The summed E-state index contributed by atoms with van der Waals surface area (Å²) in [5.74, 6) is -0.665. The molecule has 1 heterocycles. The number of benzene rings is 4. The molecule has 186 valence electrons. The smallest absolute Gasteiger partial charge is 0.296 e. The summed E-state index contributed by atoms with van der Waals surface area (Å²) in [7, 11) is 0. The summed E-state index contributed by atoms with van der Waals surface area (Å²) in [5, 5.41) is 71.9. The number of aromatic hydroxyl groups is 4. The summed E-state index contributed by atoms with van der Waals surface area (Å²) < 4.78 is 0. The molecule has 0 saturated carbocycles. The minimum Gasteiger partial charge on any atom is -0.692 e. The zero-order chi connectivity index (χ0) is 26.5. The van der Waals surface area contributed by atoms with Crippen LogP contribution in [0.5, 0.6) is 23.0 Å². The van der Waals surface area contributed by atoms with E-state index in [9.17, 15) is 30.6 Å². The first-order chi connectivity index (χ1) is 17.7. The third-order valence-corrected chi connectivity index (χ3v) is 4.94. The van der Waals surface area contributed by atoms with Crippen molar-refractivity contribution in [3.05, 3.63) is 100 Å². The van der Waals surface area contributed by atoms with Crippen LogP contribution in [0.2, 0.25) is 0 Å². The largest absolute Gasteiger partial charge is 0.692 e. The number of para-hydroxylation sites is 2. The average molecular weight is 502 g/mol. The maximum absolute atomic E-state index is 12.0. The number of phenolic OH excluding ortho intramolecular Hbond substituents is 4. The number of aromatic nitrogens is 3. The van der Waals surface area contributed by atoms with E-state index in [2.05, 4.69) is 15.3 Å². The third-order valence-electron chi connectivity index (χ3n) is 4.94. The normalized spacial score (nSPS) is 10.8. The lowest BCUT2D eigenvalue weighted by Crippen LogP contribution is -2.37. The summed E-state index contributed by atoms with van der Waals surface area (Å²) in [6, 6.07) is 20.5. The van der Waals surface area contributed by atoms with E-state index in [0.717, 1.165) is 16.9 Å². The molecule has 13 nitrogen and oxygen atoms in total. The Bertz CT molecular complexity index is 1630. The molecule has 0 unspecified atom stereocenters. The molecule has 0 fully saturated rings. The Kier molecular flexibility index (Phi) is 6.77. The van der Waals surface area contributed by atoms with Gasteiger partial charge in [0.1, 0.15) is 22.9 Å². The highest BCUT2D eigenvalue weighted by Crippen LogP contribution is 2.33. The first kappa shape index (κ1) is 24.4. The van der Waals surface area contributed by atoms with E-state index >= 15 is 0 Å². The Morgan fingerprint density at radius 2 is 1.41 bits per heavy atom. The highest BCUT2D eigenvalue weighted by molar-refractivity contribution is 5.70. The van der Waals surface area contributed by atoms with Gasteiger partial charge in [-0.3, -0.25) is 10.1 Å². The maximum Gasteiger partial charge on any atom is 0.296 e. The van der Waals surface area contributed by atoms with Crippen LogP contribution in [0.3, 0.4) is 0 Å². The first-order valence-electron chi connectivity index (χ1n) is 10.5. The van der Waals surface area contributed by atoms with E-state index in [0.29, 0.717) is 15.9 Å². The van der Waals surface area contributed by atoms with Crippen molar-refractivity contribution in [3.63, 3.8) is 0 Å². The molecule has 0 aliphatic carbocycles. The van der Waals surface area contributed by atoms with Gasteiger partial charge in [0.05, 0.1) is 10.0 Å². The summed E-state index contributed by atoms with van der Waals surface area (Å²) in [5.41, 5.74) is 1.16. The first-order valence-corrected chi connectivity index (χ1v) is 10.5. The van der Waals surface area contributed by atoms with Gasteiger partial charge in [0.25, 0.3) is 5.69 Å². The van der Waals surface area contributed by atoms with Crippen molar-refractivity contribution >= 4 is 28.1 Å². The molecular formula is C24H18N6O7. The van der Waals surface area contributed by atoms with Crippen LogP contribution >= 0.6 is 0 Å². The fourth-order valence-electron chi connectivity index (χ4n) is 3.20. The van der Waals surface area contributed by atoms with Gasteiger partial charge in [-0.05, 0) is 47.3 Å². The molecule has 4 N–H and O–H groups in total. The molecule has 0 aliphatic heterocycles. The molecule has 13 heteroatoms. The summed E-state index contributed by atoms with van der Waals surface area (Å²) in [6.45, 7) is 0. The minimum atomic E-state index is -0.564. The molecule has 37 heavy (non-hydrogen) atoms. The summed E-state index contributed by atoms with van der Waals surface area (Å²) in [6.07, 6.45) is 0. The number of nitro groups is 1. The van der Waals surface area contributed by atoms with Crippen LogP contribution in [0.15, 0.2) is 95.2 Å². The molecule has 5 rings (SSSR count). The second-order valence-corrected chi connectivity index (χ2v) is 7.44. The lowest BCUT2D eigenvalue weighted by Gasteiger charge is -2.05. The van der Waals surface area contributed by atoms with E-state index in [4.69, 9.17) is 5.11 Å². The number of nitro benzene ring substituents is 1. The summed E-state index contributed by atoms with van der Waals surface area (Å²) in [4.78, 5) is 11.8. The number of rotatable bonds is 4. The van der Waals surface area contributed by atoms with Crippen LogP contribution in [0.25, 0.3) is 16.7 Å². The van der Waals surface area contributed by atoms with Crippen molar-refractivity contribution < 1.29 is 30.2 Å². The molecule has 0 saturated heterocycles. The molecule has 0 bridgehead atoms. The molecule has 4 aromatic carbocycles. The van der Waals surface area contributed by atoms with Crippen molar-refractivity contribution in [3.8, 4) is 28.7 Å². The van der Waals surface area contributed by atoms with Gasteiger partial charge in [0, 0.05) is 18.2 Å². The standard InChI is InChI=1S/C12H9N3O4.C12H9N3O3/c16-8-5-6-10(12(17)7-8)14-13-9-3-1-2-4-11(9)15(18)19;16-8-5-6-11(12(17)7-8)14-13-9-3-1-2-4-10(9)15(14)18/h1-7,16-17H;1-7,16-17H. The van der Waals surface area contributed by atoms with Gasteiger partial charge in [0.2, 0.25) is 11.0 Å². The quantitative estimate of drug-likeness (QED) is 0.0907.